The highest BCUT2D eigenvalue weighted by Crippen LogP contribution is 2.37. The van der Waals surface area contributed by atoms with Crippen molar-refractivity contribution in [2.45, 2.75) is 25.9 Å². The van der Waals surface area contributed by atoms with Crippen LogP contribution in [0.5, 0.6) is 0 Å². The molecule has 0 radical (unpaired) electrons. The van der Waals surface area contributed by atoms with Gasteiger partial charge in [0.1, 0.15) is 22.6 Å². The molecule has 31 heavy (non-hydrogen) atoms. The highest BCUT2D eigenvalue weighted by atomic mass is 79.9. The van der Waals surface area contributed by atoms with Crippen LogP contribution in [-0.2, 0) is 4.74 Å². The second kappa shape index (κ2) is 10.0. The fourth-order valence-electron chi connectivity index (χ4n) is 4.11. The molecule has 166 valence electrons. The Labute approximate surface area is 190 Å². The van der Waals surface area contributed by atoms with Crippen molar-refractivity contribution in [2.24, 2.45) is 5.92 Å². The maximum atomic E-state index is 13.5. The number of H-pyrrole nitrogens is 1. The van der Waals surface area contributed by atoms with Crippen LogP contribution in [0.4, 0.5) is 10.2 Å². The molecular formula is C22H28BrFN6O. The molecule has 2 aromatic heterocycles. The molecule has 3 heterocycles. The maximum absolute atomic E-state index is 13.5. The summed E-state index contributed by atoms with van der Waals surface area (Å²) in [5.74, 6) is 1.04. The molecule has 1 fully saturated rings. The Bertz CT molecular complexity index is 989. The molecule has 0 bridgehead atoms. The van der Waals surface area contributed by atoms with Gasteiger partial charge in [0, 0.05) is 19.6 Å². The highest BCUT2D eigenvalue weighted by Gasteiger charge is 2.30. The van der Waals surface area contributed by atoms with Crippen LogP contribution in [-0.4, -0.2) is 64.9 Å². The van der Waals surface area contributed by atoms with E-state index in [1.165, 1.54) is 12.1 Å². The number of rotatable bonds is 8. The van der Waals surface area contributed by atoms with Crippen molar-refractivity contribution in [2.75, 3.05) is 44.7 Å². The molecule has 1 aliphatic heterocycles. The van der Waals surface area contributed by atoms with Gasteiger partial charge in [-0.2, -0.15) is 5.10 Å². The maximum Gasteiger partial charge on any atom is 0.187 e. The van der Waals surface area contributed by atoms with Gasteiger partial charge in [-0.3, -0.25) is 5.10 Å². The monoisotopic (exact) mass is 490 g/mol. The molecule has 0 amide bonds. The van der Waals surface area contributed by atoms with E-state index in [0.29, 0.717) is 18.2 Å². The minimum Gasteiger partial charge on any atom is -0.372 e. The summed E-state index contributed by atoms with van der Waals surface area (Å²) in [6, 6.07) is 6.75. The standard InChI is InChI=1S/C22H28BrFN6O/c1-3-29(2)12-13-31-19(15-4-6-17(24)7-5-15)16-8-10-30(11-9-16)22-18-20(23)27-28-21(18)25-14-26-22/h4-7,14,16,19H,3,8-13H2,1-2H3,(H,25,26,27,28). The van der Waals surface area contributed by atoms with Gasteiger partial charge in [-0.25, -0.2) is 14.4 Å². The number of hydrogen-bond donors (Lipinski definition) is 1. The predicted molar refractivity (Wildman–Crippen MR) is 123 cm³/mol. The first-order valence-corrected chi connectivity index (χ1v) is 11.5. The van der Waals surface area contributed by atoms with Gasteiger partial charge >= 0.3 is 0 Å². The van der Waals surface area contributed by atoms with Crippen LogP contribution in [0.25, 0.3) is 11.0 Å². The number of aromatic nitrogens is 4. The molecule has 9 heteroatoms. The van der Waals surface area contributed by atoms with Crippen LogP contribution >= 0.6 is 15.9 Å². The van der Waals surface area contributed by atoms with Gasteiger partial charge < -0.3 is 14.5 Å². The first-order valence-electron chi connectivity index (χ1n) is 10.7. The topological polar surface area (TPSA) is 70.2 Å². The number of aromatic amines is 1. The minimum absolute atomic E-state index is 0.0425. The average Bonchev–Trinajstić information content (AvgIpc) is 3.18. The molecule has 1 N–H and O–H groups in total. The van der Waals surface area contributed by atoms with Crippen LogP contribution in [0.3, 0.4) is 0 Å². The zero-order valence-electron chi connectivity index (χ0n) is 17.9. The van der Waals surface area contributed by atoms with Crippen molar-refractivity contribution < 1.29 is 9.13 Å². The Hall–Kier alpha value is -2.10. The summed E-state index contributed by atoms with van der Waals surface area (Å²) >= 11 is 3.52. The second-order valence-electron chi connectivity index (χ2n) is 8.00. The second-order valence-corrected chi connectivity index (χ2v) is 8.79. The van der Waals surface area contributed by atoms with E-state index < -0.39 is 0 Å². The SMILES string of the molecule is CCN(C)CCOC(c1ccc(F)cc1)C1CCN(c2ncnc3n[nH]c(Br)c23)CC1. The van der Waals surface area contributed by atoms with E-state index in [-0.39, 0.29) is 11.9 Å². The summed E-state index contributed by atoms with van der Waals surface area (Å²) in [6.07, 6.45) is 3.45. The smallest absolute Gasteiger partial charge is 0.187 e. The lowest BCUT2D eigenvalue weighted by atomic mass is 9.87. The molecule has 0 spiro atoms. The molecule has 0 aliphatic carbocycles. The molecule has 1 aliphatic rings. The Morgan fingerprint density at radius 1 is 1.26 bits per heavy atom. The van der Waals surface area contributed by atoms with Gasteiger partial charge in [0.2, 0.25) is 0 Å². The van der Waals surface area contributed by atoms with Crippen molar-refractivity contribution in [1.29, 1.82) is 0 Å². The number of ether oxygens (including phenoxy) is 1. The summed E-state index contributed by atoms with van der Waals surface area (Å²) in [6.45, 7) is 6.38. The molecule has 3 aromatic rings. The first kappa shape index (κ1) is 22.1. The van der Waals surface area contributed by atoms with Crippen molar-refractivity contribution >= 4 is 32.8 Å². The lowest BCUT2D eigenvalue weighted by Crippen LogP contribution is -2.37. The van der Waals surface area contributed by atoms with Gasteiger partial charge in [0.15, 0.2) is 5.65 Å². The Balaban J connectivity index is 1.47. The third-order valence-corrected chi connectivity index (χ3v) is 6.64. The van der Waals surface area contributed by atoms with Crippen LogP contribution < -0.4 is 4.90 Å². The summed E-state index contributed by atoms with van der Waals surface area (Å²) in [4.78, 5) is 13.3. The molecule has 1 aromatic carbocycles. The number of hydrogen-bond acceptors (Lipinski definition) is 6. The number of halogens is 2. The fourth-order valence-corrected chi connectivity index (χ4v) is 4.55. The summed E-state index contributed by atoms with van der Waals surface area (Å²) < 4.78 is 20.7. The van der Waals surface area contributed by atoms with Crippen molar-refractivity contribution in [1.82, 2.24) is 25.1 Å². The molecule has 4 rings (SSSR count). The van der Waals surface area contributed by atoms with Crippen molar-refractivity contribution in [3.8, 4) is 0 Å². The number of nitrogens with zero attached hydrogens (tertiary/aromatic N) is 5. The number of likely N-dealkylation sites (N-methyl/N-ethyl adjacent to an activating group) is 1. The van der Waals surface area contributed by atoms with Crippen LogP contribution in [0.2, 0.25) is 0 Å². The number of piperidine rings is 1. The van der Waals surface area contributed by atoms with Gasteiger partial charge in [-0.15, -0.1) is 0 Å². The third kappa shape index (κ3) is 5.05. The van der Waals surface area contributed by atoms with Crippen LogP contribution in [0.1, 0.15) is 31.4 Å². The van der Waals surface area contributed by atoms with Crippen LogP contribution in [0.15, 0.2) is 35.2 Å². The van der Waals surface area contributed by atoms with E-state index in [2.05, 4.69) is 59.9 Å². The summed E-state index contributed by atoms with van der Waals surface area (Å²) in [7, 11) is 2.09. The number of anilines is 1. The molecule has 7 nitrogen and oxygen atoms in total. The number of nitrogens with one attached hydrogen (secondary N) is 1. The van der Waals surface area contributed by atoms with E-state index in [1.807, 2.05) is 12.1 Å². The van der Waals surface area contributed by atoms with E-state index in [9.17, 15) is 4.39 Å². The lowest BCUT2D eigenvalue weighted by molar-refractivity contribution is -0.00457. The third-order valence-electron chi connectivity index (χ3n) is 6.06. The number of fused-ring (bicyclic) bond motifs is 1. The minimum atomic E-state index is -0.221. The Kier molecular flexibility index (Phi) is 7.14. The highest BCUT2D eigenvalue weighted by molar-refractivity contribution is 9.10. The van der Waals surface area contributed by atoms with Crippen LogP contribution in [0, 0.1) is 11.7 Å². The number of benzene rings is 1. The van der Waals surface area contributed by atoms with E-state index in [1.54, 1.807) is 6.33 Å². The first-order chi connectivity index (χ1) is 15.1. The summed E-state index contributed by atoms with van der Waals surface area (Å²) in [5, 5.41) is 8.06. The van der Waals surface area contributed by atoms with Gasteiger partial charge in [0.25, 0.3) is 0 Å². The largest absolute Gasteiger partial charge is 0.372 e. The zero-order valence-corrected chi connectivity index (χ0v) is 19.5. The van der Waals surface area contributed by atoms with Gasteiger partial charge in [-0.1, -0.05) is 19.1 Å². The average molecular weight is 491 g/mol. The van der Waals surface area contributed by atoms with Gasteiger partial charge in [0.05, 0.1) is 18.1 Å². The molecule has 1 atom stereocenters. The fraction of sp³-hybridized carbons (Fsp3) is 0.500. The van der Waals surface area contributed by atoms with Gasteiger partial charge in [-0.05, 0) is 66.0 Å². The molecule has 1 unspecified atom stereocenters. The predicted octanol–water partition coefficient (Wildman–Crippen LogP) is 4.18. The van der Waals surface area contributed by atoms with E-state index in [4.69, 9.17) is 4.74 Å². The zero-order chi connectivity index (χ0) is 21.8. The summed E-state index contributed by atoms with van der Waals surface area (Å²) in [5.41, 5.74) is 1.70. The Morgan fingerprint density at radius 2 is 2.00 bits per heavy atom. The molecule has 1 saturated heterocycles. The van der Waals surface area contributed by atoms with E-state index >= 15 is 0 Å². The normalized spacial score (nSPS) is 16.4. The molecule has 0 saturated carbocycles. The quantitative estimate of drug-likeness (QED) is 0.510. The van der Waals surface area contributed by atoms with E-state index in [0.717, 1.165) is 60.4 Å². The van der Waals surface area contributed by atoms with Crippen molar-refractivity contribution in [3.05, 3.63) is 46.6 Å². The molecular weight excluding hydrogens is 463 g/mol. The van der Waals surface area contributed by atoms with Crippen molar-refractivity contribution in [3.63, 3.8) is 0 Å². The Morgan fingerprint density at radius 3 is 2.71 bits per heavy atom. The lowest BCUT2D eigenvalue weighted by Gasteiger charge is -2.37.